The highest BCUT2D eigenvalue weighted by Gasteiger charge is 2.27. The molecule has 0 spiro atoms. The SMILES string of the molecule is COC(=O)c1c2ccc(c1C(=O)OC)COC(=O)CCCC(=O)OC2. The summed E-state index contributed by atoms with van der Waals surface area (Å²) in [7, 11) is 2.33. The molecule has 0 fully saturated rings. The average molecular weight is 350 g/mol. The average Bonchev–Trinajstić information content (AvgIpc) is 2.64. The van der Waals surface area contributed by atoms with Crippen LogP contribution in [0.5, 0.6) is 0 Å². The van der Waals surface area contributed by atoms with E-state index in [0.29, 0.717) is 11.1 Å². The van der Waals surface area contributed by atoms with E-state index in [0.717, 1.165) is 0 Å². The summed E-state index contributed by atoms with van der Waals surface area (Å²) in [6.07, 6.45) is 0.379. The number of rotatable bonds is 2. The molecule has 2 aliphatic rings. The van der Waals surface area contributed by atoms with Crippen molar-refractivity contribution in [3.8, 4) is 0 Å². The van der Waals surface area contributed by atoms with Crippen molar-refractivity contribution in [2.24, 2.45) is 0 Å². The predicted molar refractivity (Wildman–Crippen MR) is 82.6 cm³/mol. The lowest BCUT2D eigenvalue weighted by Gasteiger charge is -2.16. The van der Waals surface area contributed by atoms with Gasteiger partial charge in [-0.3, -0.25) is 9.59 Å². The Morgan fingerprint density at radius 1 is 0.840 bits per heavy atom. The minimum atomic E-state index is -0.783. The normalized spacial score (nSPS) is 15.1. The van der Waals surface area contributed by atoms with E-state index in [4.69, 9.17) is 18.9 Å². The predicted octanol–water partition coefficient (Wildman–Crippen LogP) is 1.53. The lowest BCUT2D eigenvalue weighted by atomic mass is 9.96. The first-order valence-corrected chi connectivity index (χ1v) is 7.60. The molecule has 2 heterocycles. The Balaban J connectivity index is 2.58. The van der Waals surface area contributed by atoms with Gasteiger partial charge < -0.3 is 18.9 Å². The maximum atomic E-state index is 12.2. The molecular formula is C17H18O8. The molecule has 0 unspecified atom stereocenters. The van der Waals surface area contributed by atoms with E-state index in [2.05, 4.69) is 0 Å². The van der Waals surface area contributed by atoms with E-state index >= 15 is 0 Å². The maximum Gasteiger partial charge on any atom is 0.339 e. The number of hydrogen-bond donors (Lipinski definition) is 0. The second-order valence-electron chi connectivity index (χ2n) is 5.29. The summed E-state index contributed by atoms with van der Waals surface area (Å²) in [6, 6.07) is 3.04. The summed E-state index contributed by atoms with van der Waals surface area (Å²) < 4.78 is 19.7. The van der Waals surface area contributed by atoms with Crippen LogP contribution in [0.15, 0.2) is 12.1 Å². The molecule has 3 rings (SSSR count). The molecule has 2 bridgehead atoms. The highest BCUT2D eigenvalue weighted by molar-refractivity contribution is 6.05. The minimum absolute atomic E-state index is 0.0454. The Bertz CT molecular complexity index is 648. The van der Waals surface area contributed by atoms with Gasteiger partial charge in [0.15, 0.2) is 0 Å². The molecule has 25 heavy (non-hydrogen) atoms. The number of fused-ring (bicyclic) bond motifs is 10. The first-order chi connectivity index (χ1) is 12.0. The zero-order valence-corrected chi connectivity index (χ0v) is 14.0. The number of ether oxygens (including phenoxy) is 4. The molecule has 8 heteroatoms. The van der Waals surface area contributed by atoms with Crippen LogP contribution in [0.3, 0.4) is 0 Å². The van der Waals surface area contributed by atoms with Crippen LogP contribution in [-0.2, 0) is 41.8 Å². The third kappa shape index (κ3) is 4.34. The van der Waals surface area contributed by atoms with Crippen molar-refractivity contribution in [2.45, 2.75) is 32.5 Å². The van der Waals surface area contributed by atoms with Crippen molar-refractivity contribution >= 4 is 23.9 Å². The van der Waals surface area contributed by atoms with Crippen molar-refractivity contribution in [1.82, 2.24) is 0 Å². The number of hydrogen-bond acceptors (Lipinski definition) is 8. The van der Waals surface area contributed by atoms with Gasteiger partial charge >= 0.3 is 23.9 Å². The van der Waals surface area contributed by atoms with Crippen LogP contribution in [0.2, 0.25) is 0 Å². The molecule has 1 aromatic rings. The van der Waals surface area contributed by atoms with E-state index in [-0.39, 0.29) is 43.6 Å². The molecule has 1 aromatic carbocycles. The molecule has 0 N–H and O–H groups in total. The van der Waals surface area contributed by atoms with Gasteiger partial charge in [0.05, 0.1) is 25.3 Å². The fourth-order valence-corrected chi connectivity index (χ4v) is 2.44. The Morgan fingerprint density at radius 3 is 1.60 bits per heavy atom. The second kappa shape index (κ2) is 8.27. The minimum Gasteiger partial charge on any atom is -0.465 e. The van der Waals surface area contributed by atoms with E-state index < -0.39 is 23.9 Å². The molecule has 0 saturated carbocycles. The molecule has 0 aromatic heterocycles. The van der Waals surface area contributed by atoms with Crippen LogP contribution < -0.4 is 0 Å². The third-order valence-electron chi connectivity index (χ3n) is 3.70. The van der Waals surface area contributed by atoms with Crippen LogP contribution >= 0.6 is 0 Å². The number of esters is 4. The lowest BCUT2D eigenvalue weighted by molar-refractivity contribution is -0.146. The van der Waals surface area contributed by atoms with Gasteiger partial charge in [-0.2, -0.15) is 0 Å². The van der Waals surface area contributed by atoms with Crippen LogP contribution in [0.1, 0.15) is 51.1 Å². The smallest absolute Gasteiger partial charge is 0.339 e. The van der Waals surface area contributed by atoms with Crippen LogP contribution in [0.25, 0.3) is 0 Å². The van der Waals surface area contributed by atoms with Crippen molar-refractivity contribution in [3.05, 3.63) is 34.4 Å². The number of methoxy groups -OCH3 is 2. The van der Waals surface area contributed by atoms with Crippen LogP contribution in [0, 0.1) is 0 Å². The van der Waals surface area contributed by atoms with Gasteiger partial charge in [0.25, 0.3) is 0 Å². The topological polar surface area (TPSA) is 105 Å². The summed E-state index contributed by atoms with van der Waals surface area (Å²) in [5.41, 5.74) is 0.453. The van der Waals surface area contributed by atoms with Gasteiger partial charge in [0.2, 0.25) is 0 Å². The molecule has 0 aliphatic carbocycles. The highest BCUT2D eigenvalue weighted by Crippen LogP contribution is 2.24. The van der Waals surface area contributed by atoms with Crippen molar-refractivity contribution < 1.29 is 38.1 Å². The number of carbonyl (C=O) groups excluding carboxylic acids is 4. The fraction of sp³-hybridized carbons (Fsp3) is 0.412. The van der Waals surface area contributed by atoms with Gasteiger partial charge in [0.1, 0.15) is 13.2 Å². The third-order valence-corrected chi connectivity index (χ3v) is 3.70. The molecule has 0 saturated heterocycles. The zero-order valence-electron chi connectivity index (χ0n) is 14.0. The molecule has 0 atom stereocenters. The Kier molecular flexibility index (Phi) is 6.10. The van der Waals surface area contributed by atoms with Crippen LogP contribution in [0.4, 0.5) is 0 Å². The molecule has 134 valence electrons. The van der Waals surface area contributed by atoms with Crippen molar-refractivity contribution in [1.29, 1.82) is 0 Å². The van der Waals surface area contributed by atoms with Crippen molar-refractivity contribution in [3.63, 3.8) is 0 Å². The van der Waals surface area contributed by atoms with E-state index in [9.17, 15) is 19.2 Å². The van der Waals surface area contributed by atoms with E-state index in [1.165, 1.54) is 26.4 Å². The van der Waals surface area contributed by atoms with Gasteiger partial charge in [-0.05, 0) is 6.42 Å². The quantitative estimate of drug-likeness (QED) is 0.584. The summed E-state index contributed by atoms with van der Waals surface area (Å²) in [6.45, 7) is -0.412. The Morgan fingerprint density at radius 2 is 1.24 bits per heavy atom. The van der Waals surface area contributed by atoms with Gasteiger partial charge in [-0.1, -0.05) is 12.1 Å². The monoisotopic (exact) mass is 350 g/mol. The number of carbonyl (C=O) groups is 4. The molecule has 8 nitrogen and oxygen atoms in total. The van der Waals surface area contributed by atoms with E-state index in [1.54, 1.807) is 0 Å². The first kappa shape index (κ1) is 18.4. The summed E-state index contributed by atoms with van der Waals surface area (Å²) in [5, 5.41) is 0. The van der Waals surface area contributed by atoms with Gasteiger partial charge in [-0.15, -0.1) is 0 Å². The van der Waals surface area contributed by atoms with E-state index in [1.807, 2.05) is 0 Å². The molecular weight excluding hydrogens is 332 g/mol. The second-order valence-corrected chi connectivity index (χ2v) is 5.29. The summed E-state index contributed by atoms with van der Waals surface area (Å²) >= 11 is 0. The lowest BCUT2D eigenvalue weighted by Crippen LogP contribution is -2.19. The maximum absolute atomic E-state index is 12.2. The molecule has 0 radical (unpaired) electrons. The molecule has 0 amide bonds. The highest BCUT2D eigenvalue weighted by atomic mass is 16.5. The molecule has 2 aliphatic heterocycles. The van der Waals surface area contributed by atoms with Gasteiger partial charge in [-0.25, -0.2) is 9.59 Å². The zero-order chi connectivity index (χ0) is 18.4. The van der Waals surface area contributed by atoms with Crippen LogP contribution in [-0.4, -0.2) is 38.1 Å². The van der Waals surface area contributed by atoms with Gasteiger partial charge in [0, 0.05) is 24.0 Å². The standard InChI is InChI=1S/C17H18O8/c1-22-16(20)14-10-6-7-11(15(14)17(21)23-2)9-25-13(19)5-3-4-12(18)24-8-10/h6-7H,3-5,8-9H2,1-2H3. The largest absolute Gasteiger partial charge is 0.465 e. The Labute approximate surface area is 144 Å². The summed E-state index contributed by atoms with van der Waals surface area (Å²) in [5.74, 6) is -2.61. The fourth-order valence-electron chi connectivity index (χ4n) is 2.44. The number of benzene rings is 1. The summed E-state index contributed by atoms with van der Waals surface area (Å²) in [4.78, 5) is 47.9. The first-order valence-electron chi connectivity index (χ1n) is 7.60. The van der Waals surface area contributed by atoms with Crippen molar-refractivity contribution in [2.75, 3.05) is 14.2 Å². The Hall–Kier alpha value is -2.90.